The molecule has 0 aliphatic carbocycles. The van der Waals surface area contributed by atoms with Gasteiger partial charge in [-0.1, -0.05) is 25.0 Å². The topological polar surface area (TPSA) is 99.9 Å². The molecule has 1 atom stereocenters. The number of hydrogen-bond acceptors (Lipinski definition) is 6. The maximum atomic E-state index is 13.0. The van der Waals surface area contributed by atoms with Gasteiger partial charge in [0.15, 0.2) is 0 Å². The van der Waals surface area contributed by atoms with Crippen LogP contribution in [0.15, 0.2) is 76.2 Å². The molecule has 3 heterocycles. The summed E-state index contributed by atoms with van der Waals surface area (Å²) in [6.07, 6.45) is 5.46. The van der Waals surface area contributed by atoms with Crippen LogP contribution in [0.1, 0.15) is 52.7 Å². The molecule has 0 bridgehead atoms. The summed E-state index contributed by atoms with van der Waals surface area (Å²) < 4.78 is 32.9. The minimum atomic E-state index is -3.54. The van der Waals surface area contributed by atoms with Crippen molar-refractivity contribution >= 4 is 39.3 Å². The van der Waals surface area contributed by atoms with Crippen LogP contribution < -0.4 is 5.32 Å². The Balaban J connectivity index is 1.23. The van der Waals surface area contributed by atoms with Crippen LogP contribution in [0, 0.1) is 0 Å². The summed E-state index contributed by atoms with van der Waals surface area (Å²) in [5.74, 6) is 0.880. The van der Waals surface area contributed by atoms with Gasteiger partial charge < -0.3 is 14.6 Å². The van der Waals surface area contributed by atoms with Crippen LogP contribution >= 0.6 is 11.8 Å². The number of amides is 2. The fourth-order valence-electron chi connectivity index (χ4n) is 4.62. The number of furan rings is 1. The number of nitrogens with zero attached hydrogens (tertiary/aromatic N) is 2. The number of nitrogens with one attached hydrogen (secondary N) is 1. The van der Waals surface area contributed by atoms with Gasteiger partial charge in [-0.25, -0.2) is 8.42 Å². The van der Waals surface area contributed by atoms with Crippen LogP contribution in [0.4, 0.5) is 5.69 Å². The molecule has 37 heavy (non-hydrogen) atoms. The van der Waals surface area contributed by atoms with E-state index < -0.39 is 10.0 Å². The third-order valence-electron chi connectivity index (χ3n) is 6.65. The molecule has 8 nitrogen and oxygen atoms in total. The first kappa shape index (κ1) is 25.6. The van der Waals surface area contributed by atoms with E-state index in [0.717, 1.165) is 37.0 Å². The molecule has 10 heteroatoms. The summed E-state index contributed by atoms with van der Waals surface area (Å²) >= 11 is 1.55. The highest BCUT2D eigenvalue weighted by atomic mass is 32.2. The second-order valence-electron chi connectivity index (χ2n) is 9.18. The van der Waals surface area contributed by atoms with Crippen LogP contribution in [-0.2, 0) is 21.4 Å². The Hall–Kier alpha value is -3.08. The molecule has 1 aromatic heterocycles. The second kappa shape index (κ2) is 11.1. The number of anilines is 1. The predicted octanol–water partition coefficient (Wildman–Crippen LogP) is 4.87. The minimum absolute atomic E-state index is 0.0505. The Morgan fingerprint density at radius 1 is 0.973 bits per heavy atom. The lowest BCUT2D eigenvalue weighted by atomic mass is 10.1. The van der Waals surface area contributed by atoms with E-state index in [-0.39, 0.29) is 22.1 Å². The van der Waals surface area contributed by atoms with E-state index in [1.807, 2.05) is 18.2 Å². The van der Waals surface area contributed by atoms with Gasteiger partial charge in [-0.2, -0.15) is 4.31 Å². The fraction of sp³-hybridized carbons (Fsp3) is 0.333. The van der Waals surface area contributed by atoms with Gasteiger partial charge in [0.2, 0.25) is 15.9 Å². The van der Waals surface area contributed by atoms with Gasteiger partial charge in [-0.3, -0.25) is 9.59 Å². The van der Waals surface area contributed by atoms with Gasteiger partial charge >= 0.3 is 0 Å². The van der Waals surface area contributed by atoms with Crippen LogP contribution in [0.3, 0.4) is 0 Å². The highest BCUT2D eigenvalue weighted by molar-refractivity contribution is 8.00. The highest BCUT2D eigenvalue weighted by Gasteiger charge is 2.33. The van der Waals surface area contributed by atoms with E-state index in [0.29, 0.717) is 36.6 Å². The van der Waals surface area contributed by atoms with E-state index in [4.69, 9.17) is 4.42 Å². The van der Waals surface area contributed by atoms with Gasteiger partial charge in [-0.15, -0.1) is 11.8 Å². The summed E-state index contributed by atoms with van der Waals surface area (Å²) in [6.45, 7) is 1.49. The Kier molecular flexibility index (Phi) is 7.68. The van der Waals surface area contributed by atoms with Crippen molar-refractivity contribution in [1.82, 2.24) is 9.21 Å². The Labute approximate surface area is 221 Å². The summed E-state index contributed by atoms with van der Waals surface area (Å²) in [5.41, 5.74) is 1.92. The maximum absolute atomic E-state index is 13.0. The number of benzene rings is 2. The van der Waals surface area contributed by atoms with Crippen molar-refractivity contribution in [3.8, 4) is 0 Å². The van der Waals surface area contributed by atoms with Crippen molar-refractivity contribution in [3.05, 3.63) is 83.8 Å². The highest BCUT2D eigenvalue weighted by Crippen LogP contribution is 2.39. The molecule has 1 N–H and O–H groups in total. The van der Waals surface area contributed by atoms with Crippen molar-refractivity contribution in [2.75, 3.05) is 24.2 Å². The molecule has 2 aliphatic heterocycles. The lowest BCUT2D eigenvalue weighted by molar-refractivity contribution is -0.128. The zero-order valence-corrected chi connectivity index (χ0v) is 22.0. The van der Waals surface area contributed by atoms with E-state index in [9.17, 15) is 18.0 Å². The number of thioether (sulfide) groups is 1. The third kappa shape index (κ3) is 5.76. The SMILES string of the molecule is O=C(Nc1ccc(S(=O)(=O)N2CCCCCC2)cc1)c1ccc([C@@H]2SCC(=O)N2Cc2ccco2)cc1. The smallest absolute Gasteiger partial charge is 0.255 e. The predicted molar refractivity (Wildman–Crippen MR) is 143 cm³/mol. The summed E-state index contributed by atoms with van der Waals surface area (Å²) in [4.78, 5) is 27.2. The molecular formula is C27H29N3O5S2. The molecular weight excluding hydrogens is 510 g/mol. The summed E-state index contributed by atoms with van der Waals surface area (Å²) in [5, 5.41) is 2.69. The minimum Gasteiger partial charge on any atom is -0.467 e. The number of carbonyl (C=O) groups excluding carboxylic acids is 2. The Morgan fingerprint density at radius 3 is 2.32 bits per heavy atom. The second-order valence-corrected chi connectivity index (χ2v) is 12.2. The van der Waals surface area contributed by atoms with E-state index in [2.05, 4.69) is 5.32 Å². The lowest BCUT2D eigenvalue weighted by Gasteiger charge is -2.23. The number of hydrogen-bond donors (Lipinski definition) is 1. The molecule has 0 radical (unpaired) electrons. The summed E-state index contributed by atoms with van der Waals surface area (Å²) in [7, 11) is -3.54. The van der Waals surface area contributed by atoms with Gasteiger partial charge in [0, 0.05) is 24.3 Å². The Bertz CT molecular complexity index is 1330. The Morgan fingerprint density at radius 2 is 1.68 bits per heavy atom. The van der Waals surface area contributed by atoms with Crippen LogP contribution in [0.25, 0.3) is 0 Å². The van der Waals surface area contributed by atoms with Crippen molar-refractivity contribution < 1.29 is 22.4 Å². The number of sulfonamides is 1. The van der Waals surface area contributed by atoms with E-state index >= 15 is 0 Å². The van der Waals surface area contributed by atoms with Gasteiger partial charge in [0.05, 0.1) is 23.5 Å². The summed E-state index contributed by atoms with van der Waals surface area (Å²) in [6, 6.07) is 17.1. The maximum Gasteiger partial charge on any atom is 0.255 e. The largest absolute Gasteiger partial charge is 0.467 e. The molecule has 0 spiro atoms. The molecule has 2 fully saturated rings. The third-order valence-corrected chi connectivity index (χ3v) is 9.82. The average molecular weight is 540 g/mol. The molecule has 3 aromatic rings. The molecule has 2 aliphatic rings. The van der Waals surface area contributed by atoms with Gasteiger partial charge in [0.1, 0.15) is 11.1 Å². The molecule has 2 saturated heterocycles. The van der Waals surface area contributed by atoms with Crippen molar-refractivity contribution in [2.45, 2.75) is 42.5 Å². The number of rotatable bonds is 7. The van der Waals surface area contributed by atoms with Crippen molar-refractivity contribution in [3.63, 3.8) is 0 Å². The van der Waals surface area contributed by atoms with Crippen LogP contribution in [-0.4, -0.2) is 48.3 Å². The quantitative estimate of drug-likeness (QED) is 0.460. The first-order chi connectivity index (χ1) is 17.9. The fourth-order valence-corrected chi connectivity index (χ4v) is 7.32. The normalized spacial score (nSPS) is 19.1. The van der Waals surface area contributed by atoms with E-state index in [1.165, 1.54) is 0 Å². The zero-order chi connectivity index (χ0) is 25.8. The average Bonchev–Trinajstić information content (AvgIpc) is 3.45. The van der Waals surface area contributed by atoms with Crippen LogP contribution in [0.5, 0.6) is 0 Å². The number of carbonyl (C=O) groups is 2. The van der Waals surface area contributed by atoms with E-state index in [1.54, 1.807) is 69.7 Å². The molecule has 5 rings (SSSR count). The first-order valence-electron chi connectivity index (χ1n) is 12.4. The molecule has 2 amide bonds. The van der Waals surface area contributed by atoms with Gasteiger partial charge in [-0.05, 0) is 66.9 Å². The van der Waals surface area contributed by atoms with Crippen molar-refractivity contribution in [2.24, 2.45) is 0 Å². The lowest BCUT2D eigenvalue weighted by Crippen LogP contribution is -2.31. The molecule has 0 saturated carbocycles. The molecule has 2 aromatic carbocycles. The van der Waals surface area contributed by atoms with Crippen LogP contribution in [0.2, 0.25) is 0 Å². The molecule has 0 unspecified atom stereocenters. The van der Waals surface area contributed by atoms with Crippen molar-refractivity contribution in [1.29, 1.82) is 0 Å². The first-order valence-corrected chi connectivity index (χ1v) is 14.9. The zero-order valence-electron chi connectivity index (χ0n) is 20.3. The monoisotopic (exact) mass is 539 g/mol. The van der Waals surface area contributed by atoms with Gasteiger partial charge in [0.25, 0.3) is 5.91 Å². The standard InChI is InChI=1S/C27H29N3O5S2/c31-25-19-36-27(30(25)18-23-6-5-17-35-23)21-9-7-20(8-10-21)26(32)28-22-11-13-24(14-12-22)37(33,34)29-15-3-1-2-4-16-29/h5-14,17,27H,1-4,15-16,18-19H2,(H,28,32)/t27-/m0/s1. The molecule has 194 valence electrons.